The average molecular weight is 417 g/mol. The fourth-order valence-corrected chi connectivity index (χ4v) is 4.74. The molecular formula is C23H32N2O3S. The molecule has 0 saturated heterocycles. The lowest BCUT2D eigenvalue weighted by Gasteiger charge is -2.32. The molecule has 2 atom stereocenters. The van der Waals surface area contributed by atoms with Crippen LogP contribution in [0.15, 0.2) is 42.5 Å². The van der Waals surface area contributed by atoms with Gasteiger partial charge in [0.1, 0.15) is 6.04 Å². The van der Waals surface area contributed by atoms with Gasteiger partial charge in [-0.25, -0.2) is 8.42 Å². The van der Waals surface area contributed by atoms with Gasteiger partial charge in [0.15, 0.2) is 0 Å². The number of nitrogens with zero attached hydrogens (tertiary/aromatic N) is 1. The second-order valence-corrected chi connectivity index (χ2v) is 9.51. The zero-order valence-electron chi connectivity index (χ0n) is 18.2. The smallest absolute Gasteiger partial charge is 0.244 e. The summed E-state index contributed by atoms with van der Waals surface area (Å²) in [5, 5.41) is 3.06. The number of carbonyl (C=O) groups excluding carboxylic acids is 1. The quantitative estimate of drug-likeness (QED) is 0.692. The molecule has 2 aromatic carbocycles. The topological polar surface area (TPSA) is 66.5 Å². The molecule has 0 bridgehead atoms. The van der Waals surface area contributed by atoms with Crippen molar-refractivity contribution in [1.29, 1.82) is 0 Å². The lowest BCUT2D eigenvalue weighted by Crippen LogP contribution is -2.50. The van der Waals surface area contributed by atoms with Gasteiger partial charge in [-0.05, 0) is 56.4 Å². The lowest BCUT2D eigenvalue weighted by molar-refractivity contribution is -0.123. The van der Waals surface area contributed by atoms with Crippen LogP contribution in [0, 0.1) is 20.8 Å². The van der Waals surface area contributed by atoms with E-state index in [-0.39, 0.29) is 11.9 Å². The van der Waals surface area contributed by atoms with Gasteiger partial charge in [0, 0.05) is 0 Å². The maximum absolute atomic E-state index is 13.2. The van der Waals surface area contributed by atoms with E-state index in [1.54, 1.807) is 0 Å². The summed E-state index contributed by atoms with van der Waals surface area (Å²) >= 11 is 0. The molecule has 0 saturated carbocycles. The minimum absolute atomic E-state index is 0.169. The number of nitrogens with one attached hydrogen (secondary N) is 1. The van der Waals surface area contributed by atoms with E-state index in [2.05, 4.69) is 5.32 Å². The number of hydrogen-bond acceptors (Lipinski definition) is 3. The fourth-order valence-electron chi connectivity index (χ4n) is 3.48. The van der Waals surface area contributed by atoms with Crippen molar-refractivity contribution in [2.45, 2.75) is 59.5 Å². The Balaban J connectivity index is 2.40. The lowest BCUT2D eigenvalue weighted by atomic mass is 10.0. The van der Waals surface area contributed by atoms with Crippen molar-refractivity contribution in [1.82, 2.24) is 5.32 Å². The Morgan fingerprint density at radius 3 is 2.07 bits per heavy atom. The van der Waals surface area contributed by atoms with E-state index in [4.69, 9.17) is 0 Å². The highest BCUT2D eigenvalue weighted by Crippen LogP contribution is 2.28. The van der Waals surface area contributed by atoms with Gasteiger partial charge in [-0.2, -0.15) is 0 Å². The van der Waals surface area contributed by atoms with E-state index >= 15 is 0 Å². The summed E-state index contributed by atoms with van der Waals surface area (Å²) in [4.78, 5) is 13.2. The molecular weight excluding hydrogens is 384 g/mol. The molecule has 1 N–H and O–H groups in total. The number of benzene rings is 2. The van der Waals surface area contributed by atoms with Crippen molar-refractivity contribution < 1.29 is 13.2 Å². The van der Waals surface area contributed by atoms with Gasteiger partial charge in [-0.3, -0.25) is 9.10 Å². The van der Waals surface area contributed by atoms with Crippen molar-refractivity contribution in [3.8, 4) is 0 Å². The molecule has 0 radical (unpaired) electrons. The van der Waals surface area contributed by atoms with Gasteiger partial charge >= 0.3 is 0 Å². The highest BCUT2D eigenvalue weighted by Gasteiger charge is 2.33. The SMILES string of the molecule is CCC(NC(=O)C(CC)N(c1cc(C)ccc1C)S(C)(=O)=O)c1ccc(C)cc1. The second-order valence-electron chi connectivity index (χ2n) is 7.65. The summed E-state index contributed by atoms with van der Waals surface area (Å²) in [5.41, 5.74) is 4.48. The van der Waals surface area contributed by atoms with Crippen molar-refractivity contribution in [2.24, 2.45) is 0 Å². The molecule has 5 nitrogen and oxygen atoms in total. The molecule has 6 heteroatoms. The molecule has 2 unspecified atom stereocenters. The van der Waals surface area contributed by atoms with Gasteiger partial charge in [-0.1, -0.05) is 55.8 Å². The molecule has 0 heterocycles. The monoisotopic (exact) mass is 416 g/mol. The standard InChI is InChI=1S/C23H32N2O3S/c1-7-20(19-13-10-16(3)11-14-19)24-23(26)21(8-2)25(29(6,27)28)22-15-17(4)9-12-18(22)5/h9-15,20-21H,7-8H2,1-6H3,(H,24,26). The predicted octanol–water partition coefficient (Wildman–Crippen LogP) is 4.42. The van der Waals surface area contributed by atoms with Gasteiger partial charge in [0.05, 0.1) is 18.0 Å². The first-order valence-electron chi connectivity index (χ1n) is 10.0. The van der Waals surface area contributed by atoms with Crippen LogP contribution in [0.5, 0.6) is 0 Å². The molecule has 2 rings (SSSR count). The zero-order chi connectivity index (χ0) is 21.8. The summed E-state index contributed by atoms with van der Waals surface area (Å²) in [6.45, 7) is 9.63. The van der Waals surface area contributed by atoms with Crippen LogP contribution in [-0.2, 0) is 14.8 Å². The third kappa shape index (κ3) is 5.60. The van der Waals surface area contributed by atoms with Crippen molar-refractivity contribution in [3.63, 3.8) is 0 Å². The number of carbonyl (C=O) groups is 1. The van der Waals surface area contributed by atoms with E-state index in [1.165, 1.54) is 4.31 Å². The highest BCUT2D eigenvalue weighted by molar-refractivity contribution is 7.92. The maximum atomic E-state index is 13.2. The van der Waals surface area contributed by atoms with Gasteiger partial charge in [0.25, 0.3) is 0 Å². The third-order valence-corrected chi connectivity index (χ3v) is 6.30. The van der Waals surface area contributed by atoms with Gasteiger partial charge < -0.3 is 5.32 Å². The largest absolute Gasteiger partial charge is 0.347 e. The first-order valence-corrected chi connectivity index (χ1v) is 11.9. The van der Waals surface area contributed by atoms with Crippen molar-refractivity contribution >= 4 is 21.6 Å². The molecule has 0 aliphatic rings. The zero-order valence-corrected chi connectivity index (χ0v) is 19.0. The number of aryl methyl sites for hydroxylation is 3. The minimum atomic E-state index is -3.65. The Bertz CT molecular complexity index is 953. The van der Waals surface area contributed by atoms with Gasteiger partial charge in [0.2, 0.25) is 15.9 Å². The molecule has 158 valence electrons. The van der Waals surface area contributed by atoms with Crippen LogP contribution in [0.1, 0.15) is 55.0 Å². The average Bonchev–Trinajstić information content (AvgIpc) is 2.66. The van der Waals surface area contributed by atoms with E-state index in [0.29, 0.717) is 18.5 Å². The summed E-state index contributed by atoms with van der Waals surface area (Å²) in [6.07, 6.45) is 2.24. The number of anilines is 1. The van der Waals surface area contributed by atoms with Crippen LogP contribution in [0.2, 0.25) is 0 Å². The van der Waals surface area contributed by atoms with Crippen LogP contribution >= 0.6 is 0 Å². The molecule has 0 fully saturated rings. The first-order chi connectivity index (χ1) is 13.6. The van der Waals surface area contributed by atoms with Gasteiger partial charge in [-0.15, -0.1) is 0 Å². The Morgan fingerprint density at radius 1 is 0.966 bits per heavy atom. The minimum Gasteiger partial charge on any atom is -0.347 e. The Hall–Kier alpha value is -2.34. The van der Waals surface area contributed by atoms with Crippen LogP contribution < -0.4 is 9.62 Å². The summed E-state index contributed by atoms with van der Waals surface area (Å²) in [6, 6.07) is 12.7. The number of sulfonamides is 1. The Morgan fingerprint density at radius 2 is 1.55 bits per heavy atom. The molecule has 0 aliphatic carbocycles. The fraction of sp³-hybridized carbons (Fsp3) is 0.435. The van der Waals surface area contributed by atoms with Crippen LogP contribution in [-0.4, -0.2) is 26.6 Å². The highest BCUT2D eigenvalue weighted by atomic mass is 32.2. The molecule has 0 aromatic heterocycles. The van der Waals surface area contributed by atoms with Crippen molar-refractivity contribution in [2.75, 3.05) is 10.6 Å². The Kier molecular flexibility index (Phi) is 7.47. The van der Waals surface area contributed by atoms with E-state index in [0.717, 1.165) is 28.5 Å². The molecule has 0 aliphatic heterocycles. The second kappa shape index (κ2) is 9.44. The summed E-state index contributed by atoms with van der Waals surface area (Å²) < 4.78 is 26.7. The van der Waals surface area contributed by atoms with E-state index in [1.807, 2.05) is 77.1 Å². The number of amides is 1. The molecule has 1 amide bonds. The summed E-state index contributed by atoms with van der Waals surface area (Å²) in [5.74, 6) is -0.286. The Labute approximate surface area is 175 Å². The van der Waals surface area contributed by atoms with E-state index in [9.17, 15) is 13.2 Å². The number of rotatable bonds is 8. The summed E-state index contributed by atoms with van der Waals surface area (Å²) in [7, 11) is -3.65. The van der Waals surface area contributed by atoms with Crippen molar-refractivity contribution in [3.05, 3.63) is 64.7 Å². The molecule has 29 heavy (non-hydrogen) atoms. The number of hydrogen-bond donors (Lipinski definition) is 1. The molecule has 0 spiro atoms. The van der Waals surface area contributed by atoms with Crippen LogP contribution in [0.4, 0.5) is 5.69 Å². The third-order valence-electron chi connectivity index (χ3n) is 5.14. The van der Waals surface area contributed by atoms with Crippen LogP contribution in [0.3, 0.4) is 0 Å². The van der Waals surface area contributed by atoms with Crippen LogP contribution in [0.25, 0.3) is 0 Å². The first kappa shape index (κ1) is 22.9. The predicted molar refractivity (Wildman–Crippen MR) is 120 cm³/mol. The molecule has 2 aromatic rings. The normalized spacial score (nSPS) is 13.6. The maximum Gasteiger partial charge on any atom is 0.244 e. The van der Waals surface area contributed by atoms with E-state index < -0.39 is 16.1 Å².